The van der Waals surface area contributed by atoms with Gasteiger partial charge in [0.05, 0.1) is 0 Å². The van der Waals surface area contributed by atoms with Gasteiger partial charge in [-0.1, -0.05) is 18.2 Å². The Morgan fingerprint density at radius 3 is 2.23 bits per heavy atom. The number of alkyl halides is 4. The maximum Gasteiger partial charge on any atom is 0.328 e. The maximum absolute atomic E-state index is 14.8. The van der Waals surface area contributed by atoms with Gasteiger partial charge in [0.1, 0.15) is 10.6 Å². The van der Waals surface area contributed by atoms with Gasteiger partial charge in [0, 0.05) is 23.0 Å². The smallest absolute Gasteiger partial charge is 0.328 e. The molecule has 0 saturated heterocycles. The van der Waals surface area contributed by atoms with Crippen molar-refractivity contribution < 1.29 is 36.4 Å². The van der Waals surface area contributed by atoms with Gasteiger partial charge in [-0.25, -0.2) is 18.0 Å². The zero-order valence-electron chi connectivity index (χ0n) is 14.1. The molecular formula is C16H18F5NO3S. The van der Waals surface area contributed by atoms with Crippen molar-refractivity contribution in [1.29, 1.82) is 0 Å². The molecule has 0 fully saturated rings. The van der Waals surface area contributed by atoms with E-state index in [1.807, 2.05) is 0 Å². The van der Waals surface area contributed by atoms with Gasteiger partial charge in [-0.3, -0.25) is 0 Å². The number of carbonyl (C=O) groups is 1. The number of benzene rings is 1. The first kappa shape index (κ1) is 22.4. The highest BCUT2D eigenvalue weighted by Gasteiger charge is 2.64. The molecule has 1 aromatic carbocycles. The second-order valence-electron chi connectivity index (χ2n) is 6.37. The van der Waals surface area contributed by atoms with Gasteiger partial charge in [0.15, 0.2) is 0 Å². The van der Waals surface area contributed by atoms with Crippen molar-refractivity contribution in [1.82, 2.24) is 4.72 Å². The molecule has 0 spiro atoms. The highest BCUT2D eigenvalue weighted by atomic mass is 32.2. The van der Waals surface area contributed by atoms with Crippen LogP contribution in [0.5, 0.6) is 0 Å². The van der Waals surface area contributed by atoms with Crippen molar-refractivity contribution in [3.63, 3.8) is 0 Å². The van der Waals surface area contributed by atoms with Crippen LogP contribution in [0.1, 0.15) is 26.3 Å². The van der Waals surface area contributed by atoms with E-state index in [9.17, 15) is 31.3 Å². The molecule has 1 unspecified atom stereocenters. The monoisotopic (exact) mass is 399 g/mol. The molecule has 1 rings (SSSR count). The van der Waals surface area contributed by atoms with Crippen molar-refractivity contribution in [2.45, 2.75) is 43.4 Å². The quantitative estimate of drug-likeness (QED) is 0.417. The molecule has 0 aliphatic heterocycles. The summed E-state index contributed by atoms with van der Waals surface area (Å²) in [5, 5.41) is 8.56. The third-order valence-corrected chi connectivity index (χ3v) is 5.02. The third-order valence-electron chi connectivity index (χ3n) is 3.40. The number of halogens is 5. The average Bonchev–Trinajstić information content (AvgIpc) is 2.49. The van der Waals surface area contributed by atoms with Crippen LogP contribution in [0.2, 0.25) is 0 Å². The minimum absolute atomic E-state index is 0.0281. The molecule has 2 N–H and O–H groups in total. The molecule has 1 aromatic rings. The van der Waals surface area contributed by atoms with Gasteiger partial charge in [0.2, 0.25) is 5.54 Å². The third kappa shape index (κ3) is 4.54. The Bertz CT molecular complexity index is 678. The average molecular weight is 399 g/mol. The fourth-order valence-corrected chi connectivity index (χ4v) is 2.93. The van der Waals surface area contributed by atoms with Crippen molar-refractivity contribution in [3.8, 4) is 0 Å². The first-order chi connectivity index (χ1) is 11.8. The Labute approximate surface area is 150 Å². The lowest BCUT2D eigenvalue weighted by molar-refractivity contribution is -0.132. The van der Waals surface area contributed by atoms with Gasteiger partial charge in [-0.15, -0.1) is 4.72 Å². The topological polar surface area (TPSA) is 72.4 Å². The predicted octanol–water partition coefficient (Wildman–Crippen LogP) is 3.61. The Hall–Kier alpha value is -1.65. The van der Waals surface area contributed by atoms with E-state index in [1.165, 1.54) is 20.8 Å². The highest BCUT2D eigenvalue weighted by Crippen LogP contribution is 2.45. The minimum atomic E-state index is -4.59. The summed E-state index contributed by atoms with van der Waals surface area (Å²) in [4.78, 5) is 10.6. The van der Waals surface area contributed by atoms with Crippen LogP contribution in [0.15, 0.2) is 36.4 Å². The van der Waals surface area contributed by atoms with Crippen LogP contribution in [0.3, 0.4) is 0 Å². The predicted molar refractivity (Wildman–Crippen MR) is 86.8 cm³/mol. The number of carboxylic acids is 1. The lowest BCUT2D eigenvalue weighted by Gasteiger charge is -2.40. The summed E-state index contributed by atoms with van der Waals surface area (Å²) in [5.41, 5.74) is -4.88. The van der Waals surface area contributed by atoms with Crippen LogP contribution in [0, 0.1) is 5.82 Å². The molecular weight excluding hydrogens is 381 g/mol. The lowest BCUT2D eigenvalue weighted by Crippen LogP contribution is -2.64. The van der Waals surface area contributed by atoms with Crippen molar-refractivity contribution in [3.05, 3.63) is 47.8 Å². The number of hydrogen-bond acceptors (Lipinski definition) is 3. The van der Waals surface area contributed by atoms with E-state index in [0.29, 0.717) is 12.1 Å². The molecule has 0 aromatic heterocycles. The molecule has 0 saturated carbocycles. The van der Waals surface area contributed by atoms with Gasteiger partial charge in [-0.05, 0) is 32.9 Å². The first-order valence-electron chi connectivity index (χ1n) is 7.28. The number of rotatable bonds is 7. The second kappa shape index (κ2) is 7.93. The van der Waals surface area contributed by atoms with E-state index in [1.54, 1.807) is 4.72 Å². The molecule has 0 radical (unpaired) electrons. The van der Waals surface area contributed by atoms with Crippen LogP contribution in [0.25, 0.3) is 0 Å². The molecule has 0 amide bonds. The molecule has 146 valence electrons. The lowest BCUT2D eigenvalue weighted by atomic mass is 9.84. The largest absolute Gasteiger partial charge is 0.598 e. The molecule has 0 aliphatic carbocycles. The number of hydrogen-bond donors (Lipinski definition) is 2. The Morgan fingerprint density at radius 1 is 1.27 bits per heavy atom. The molecule has 4 nitrogen and oxygen atoms in total. The summed E-state index contributed by atoms with van der Waals surface area (Å²) < 4.78 is 84.4. The minimum Gasteiger partial charge on any atom is -0.598 e. The fraction of sp³-hybridized carbons (Fsp3) is 0.438. The van der Waals surface area contributed by atoms with E-state index in [0.717, 1.165) is 12.1 Å². The number of aliphatic carboxylic acids is 1. The molecule has 0 bridgehead atoms. The summed E-state index contributed by atoms with van der Waals surface area (Å²) in [5.74, 6) is -7.78. The first-order valence-corrected chi connectivity index (χ1v) is 8.43. The molecule has 26 heavy (non-hydrogen) atoms. The van der Waals surface area contributed by atoms with Gasteiger partial charge in [-0.2, -0.15) is 8.78 Å². The van der Waals surface area contributed by atoms with Gasteiger partial charge < -0.3 is 9.66 Å². The van der Waals surface area contributed by atoms with E-state index < -0.39 is 51.3 Å². The van der Waals surface area contributed by atoms with E-state index >= 15 is 0 Å². The summed E-state index contributed by atoms with van der Waals surface area (Å²) >= 11 is -2.45. The van der Waals surface area contributed by atoms with Gasteiger partial charge in [0.25, 0.3) is 12.3 Å². The normalized spacial score (nSPS) is 16.7. The Balaban J connectivity index is 3.72. The van der Waals surface area contributed by atoms with E-state index in [-0.39, 0.29) is 12.2 Å². The molecule has 0 aliphatic rings. The summed E-state index contributed by atoms with van der Waals surface area (Å²) in [6, 6.07) is 3.58. The Kier molecular flexibility index (Phi) is 6.83. The van der Waals surface area contributed by atoms with Crippen LogP contribution in [0.4, 0.5) is 22.0 Å². The van der Waals surface area contributed by atoms with Crippen LogP contribution >= 0.6 is 0 Å². The zero-order valence-corrected chi connectivity index (χ0v) is 14.9. The van der Waals surface area contributed by atoms with Crippen LogP contribution in [-0.4, -0.2) is 32.7 Å². The summed E-state index contributed by atoms with van der Waals surface area (Å²) in [6.45, 7) is 4.04. The molecule has 10 heteroatoms. The standard InChI is InChI=1S/C16H18F5NO3S/c1-14(2,3)26(25)22-16(13(18)19,10-6-4-5-7-11(10)17)15(20,21)9-8-12(23)24/h4-9,13,22H,1-3H3,(H,23,24)/t16-,26?/m0/s1. The number of carboxylic acid groups (broad SMARTS) is 1. The van der Waals surface area contributed by atoms with Gasteiger partial charge >= 0.3 is 5.97 Å². The SMILES string of the molecule is CC(C)(C)[S+]([O-])N[C@@](c1ccccc1F)(C(F)F)C(F)(F)C=CC(=O)O. The Morgan fingerprint density at radius 2 is 1.81 bits per heavy atom. The highest BCUT2D eigenvalue weighted by molar-refractivity contribution is 7.90. The van der Waals surface area contributed by atoms with Crippen molar-refractivity contribution in [2.24, 2.45) is 0 Å². The fourth-order valence-electron chi connectivity index (χ4n) is 2.00. The molecule has 0 heterocycles. The van der Waals surface area contributed by atoms with Crippen molar-refractivity contribution >= 4 is 17.3 Å². The van der Waals surface area contributed by atoms with Crippen LogP contribution < -0.4 is 4.72 Å². The van der Waals surface area contributed by atoms with E-state index in [2.05, 4.69) is 0 Å². The van der Waals surface area contributed by atoms with E-state index in [4.69, 9.17) is 5.11 Å². The summed E-state index contributed by atoms with van der Waals surface area (Å²) in [6.07, 6.45) is -4.24. The number of nitrogens with one attached hydrogen (secondary N) is 1. The van der Waals surface area contributed by atoms with Crippen molar-refractivity contribution in [2.75, 3.05) is 0 Å². The zero-order chi connectivity index (χ0) is 20.3. The summed E-state index contributed by atoms with van der Waals surface area (Å²) in [7, 11) is 0. The maximum atomic E-state index is 14.8. The second-order valence-corrected chi connectivity index (χ2v) is 8.33. The molecule has 2 atom stereocenters. The van der Waals surface area contributed by atoms with Crippen LogP contribution in [-0.2, 0) is 21.7 Å².